The lowest BCUT2D eigenvalue weighted by atomic mass is 9.99. The number of aromatic nitrogens is 1. The average Bonchev–Trinajstić information content (AvgIpc) is 3.13. The molecule has 1 N–H and O–H groups in total. The molecule has 2 aromatic rings. The Balaban J connectivity index is 1.63. The number of carbonyl (C=O) groups excluding carboxylic acids is 1. The van der Waals surface area contributed by atoms with Gasteiger partial charge in [0.15, 0.2) is 0 Å². The predicted molar refractivity (Wildman–Crippen MR) is 103 cm³/mol. The van der Waals surface area contributed by atoms with Crippen molar-refractivity contribution in [1.29, 1.82) is 0 Å². The summed E-state index contributed by atoms with van der Waals surface area (Å²) in [5, 5.41) is 3.20. The van der Waals surface area contributed by atoms with Gasteiger partial charge in [-0.15, -0.1) is 0 Å². The van der Waals surface area contributed by atoms with Crippen molar-refractivity contribution < 1.29 is 22.4 Å². The first-order chi connectivity index (χ1) is 14.2. The number of allylic oxidation sites excluding steroid dienone is 1. The van der Waals surface area contributed by atoms with E-state index in [1.165, 1.54) is 30.0 Å². The van der Waals surface area contributed by atoms with Crippen LogP contribution >= 0.6 is 0 Å². The first-order valence-corrected chi connectivity index (χ1v) is 9.23. The lowest BCUT2D eigenvalue weighted by Gasteiger charge is -2.31. The molecule has 4 rings (SSSR count). The third-order valence-corrected chi connectivity index (χ3v) is 5.31. The molecule has 156 valence electrons. The van der Waals surface area contributed by atoms with Gasteiger partial charge >= 0.3 is 6.18 Å². The molecular formula is C21H18F4N4O. The molecule has 1 aromatic carbocycles. The minimum absolute atomic E-state index is 0.000398. The molecule has 1 atom stereocenters. The fourth-order valence-electron chi connectivity index (χ4n) is 3.74. The maximum atomic E-state index is 13.2. The van der Waals surface area contributed by atoms with Crippen LogP contribution in [0.15, 0.2) is 60.2 Å². The highest BCUT2D eigenvalue weighted by Crippen LogP contribution is 2.35. The van der Waals surface area contributed by atoms with E-state index in [2.05, 4.69) is 10.3 Å². The van der Waals surface area contributed by atoms with E-state index in [1.54, 1.807) is 25.3 Å². The van der Waals surface area contributed by atoms with Gasteiger partial charge in [0.05, 0.1) is 35.9 Å². The molecular weight excluding hydrogens is 400 g/mol. The van der Waals surface area contributed by atoms with Gasteiger partial charge < -0.3 is 15.1 Å². The second-order valence-electron chi connectivity index (χ2n) is 7.08. The van der Waals surface area contributed by atoms with Crippen molar-refractivity contribution >= 4 is 11.7 Å². The predicted octanol–water partition coefficient (Wildman–Crippen LogP) is 4.18. The van der Waals surface area contributed by atoms with Crippen molar-refractivity contribution in [1.82, 2.24) is 15.2 Å². The van der Waals surface area contributed by atoms with Crippen LogP contribution in [0.1, 0.15) is 28.4 Å². The molecule has 30 heavy (non-hydrogen) atoms. The third kappa shape index (κ3) is 3.30. The van der Waals surface area contributed by atoms with Crippen LogP contribution in [-0.2, 0) is 6.18 Å². The van der Waals surface area contributed by atoms with E-state index >= 15 is 0 Å². The Hall–Kier alpha value is -3.36. The normalized spacial score (nSPS) is 18.5. The molecule has 3 heterocycles. The number of rotatable bonds is 2. The van der Waals surface area contributed by atoms with Gasteiger partial charge in [0, 0.05) is 11.8 Å². The minimum atomic E-state index is -4.53. The molecule has 1 aromatic heterocycles. The molecule has 1 amide bonds. The molecule has 9 heteroatoms. The van der Waals surface area contributed by atoms with Gasteiger partial charge in [0.1, 0.15) is 11.6 Å². The highest BCUT2D eigenvalue weighted by atomic mass is 19.4. The highest BCUT2D eigenvalue weighted by molar-refractivity contribution is 5.97. The zero-order valence-corrected chi connectivity index (χ0v) is 16.2. The number of hydrogen-bond donors (Lipinski definition) is 1. The number of nitrogens with one attached hydrogen (secondary N) is 1. The molecule has 0 saturated carbocycles. The van der Waals surface area contributed by atoms with E-state index in [1.807, 2.05) is 4.90 Å². The molecule has 5 nitrogen and oxygen atoms in total. The number of benzene rings is 1. The van der Waals surface area contributed by atoms with Crippen LogP contribution in [0.4, 0.5) is 23.4 Å². The molecule has 0 radical (unpaired) electrons. The smallest absolute Gasteiger partial charge is 0.367 e. The Kier molecular flexibility index (Phi) is 4.76. The standard InChI is InChI=1S/C21H18F4N4O/c1-12-15(4-3-5-16(12)21(23,24)25)20(30)28-9-8-17-19(13(28)2)27-11-29(17)18-7-6-14(22)10-26-18/h3-10,13,27H,11H2,1-2H3. The average molecular weight is 418 g/mol. The van der Waals surface area contributed by atoms with Gasteiger partial charge in [-0.3, -0.25) is 4.79 Å². The Morgan fingerprint density at radius 1 is 1.23 bits per heavy atom. The molecule has 0 bridgehead atoms. The van der Waals surface area contributed by atoms with Crippen molar-refractivity contribution in [3.8, 4) is 0 Å². The van der Waals surface area contributed by atoms with E-state index in [0.717, 1.165) is 23.7 Å². The molecule has 0 spiro atoms. The highest BCUT2D eigenvalue weighted by Gasteiger charge is 2.37. The molecule has 2 aliphatic rings. The van der Waals surface area contributed by atoms with Crippen LogP contribution in [0, 0.1) is 12.7 Å². The summed E-state index contributed by atoms with van der Waals surface area (Å²) in [4.78, 5) is 20.4. The number of alkyl halides is 3. The van der Waals surface area contributed by atoms with Crippen LogP contribution in [0.5, 0.6) is 0 Å². The van der Waals surface area contributed by atoms with Crippen LogP contribution in [0.2, 0.25) is 0 Å². The Morgan fingerprint density at radius 3 is 2.67 bits per heavy atom. The molecule has 0 saturated heterocycles. The first kappa shape index (κ1) is 19.9. The Morgan fingerprint density at radius 2 is 2.00 bits per heavy atom. The maximum Gasteiger partial charge on any atom is 0.416 e. The van der Waals surface area contributed by atoms with Crippen molar-refractivity contribution in [3.05, 3.63) is 82.7 Å². The summed E-state index contributed by atoms with van der Waals surface area (Å²) in [6.07, 6.45) is -0.165. The molecule has 2 aliphatic heterocycles. The monoisotopic (exact) mass is 418 g/mol. The van der Waals surface area contributed by atoms with Crippen molar-refractivity contribution in [3.63, 3.8) is 0 Å². The summed E-state index contributed by atoms with van der Waals surface area (Å²) in [5.41, 5.74) is 0.579. The first-order valence-electron chi connectivity index (χ1n) is 9.23. The second kappa shape index (κ2) is 7.16. The van der Waals surface area contributed by atoms with Crippen molar-refractivity contribution in [2.45, 2.75) is 26.1 Å². The summed E-state index contributed by atoms with van der Waals surface area (Å²) in [6.45, 7) is 3.46. The molecule has 0 aliphatic carbocycles. The van der Waals surface area contributed by atoms with Gasteiger partial charge in [0.2, 0.25) is 0 Å². The molecule has 0 fully saturated rings. The second-order valence-corrected chi connectivity index (χ2v) is 7.08. The van der Waals surface area contributed by atoms with Gasteiger partial charge in [0.25, 0.3) is 5.91 Å². The largest absolute Gasteiger partial charge is 0.416 e. The third-order valence-electron chi connectivity index (χ3n) is 5.31. The number of amides is 1. The number of carbonyl (C=O) groups is 1. The topological polar surface area (TPSA) is 48.5 Å². The van der Waals surface area contributed by atoms with Crippen molar-refractivity contribution in [2.75, 3.05) is 11.6 Å². The van der Waals surface area contributed by atoms with Gasteiger partial charge in [-0.1, -0.05) is 6.07 Å². The lowest BCUT2D eigenvalue weighted by Crippen LogP contribution is -2.40. The Labute approximate surface area is 170 Å². The summed E-state index contributed by atoms with van der Waals surface area (Å²) in [6, 6.07) is 6.03. The summed E-state index contributed by atoms with van der Waals surface area (Å²) >= 11 is 0. The number of anilines is 1. The van der Waals surface area contributed by atoms with Crippen LogP contribution in [-0.4, -0.2) is 28.5 Å². The van der Waals surface area contributed by atoms with Crippen molar-refractivity contribution in [2.24, 2.45) is 0 Å². The van der Waals surface area contributed by atoms with Crippen LogP contribution in [0.25, 0.3) is 0 Å². The molecule has 1 unspecified atom stereocenters. The fourth-order valence-corrected chi connectivity index (χ4v) is 3.74. The minimum Gasteiger partial charge on any atom is -0.367 e. The van der Waals surface area contributed by atoms with Gasteiger partial charge in [-0.2, -0.15) is 13.2 Å². The zero-order valence-electron chi connectivity index (χ0n) is 16.2. The van der Waals surface area contributed by atoms with Gasteiger partial charge in [-0.25, -0.2) is 9.37 Å². The zero-order chi connectivity index (χ0) is 21.6. The quantitative estimate of drug-likeness (QED) is 0.744. The van der Waals surface area contributed by atoms with E-state index in [0.29, 0.717) is 12.5 Å². The summed E-state index contributed by atoms with van der Waals surface area (Å²) in [7, 11) is 0. The van der Waals surface area contributed by atoms with E-state index in [9.17, 15) is 22.4 Å². The Bertz CT molecular complexity index is 1060. The SMILES string of the molecule is Cc1c(C(=O)N2C=CC3=C(NCN3c3ccc(F)cn3)C2C)cccc1C(F)(F)F. The lowest BCUT2D eigenvalue weighted by molar-refractivity contribution is -0.138. The van der Waals surface area contributed by atoms with E-state index < -0.39 is 29.5 Å². The fraction of sp³-hybridized carbons (Fsp3) is 0.238. The van der Waals surface area contributed by atoms with Crippen LogP contribution in [0.3, 0.4) is 0 Å². The summed E-state index contributed by atoms with van der Waals surface area (Å²) < 4.78 is 52.8. The number of halogens is 4. The maximum absolute atomic E-state index is 13.2. The number of nitrogens with zero attached hydrogens (tertiary/aromatic N) is 3. The van der Waals surface area contributed by atoms with E-state index in [-0.39, 0.29) is 11.1 Å². The van der Waals surface area contributed by atoms with Crippen LogP contribution < -0.4 is 10.2 Å². The summed E-state index contributed by atoms with van der Waals surface area (Å²) in [5.74, 6) is -0.422. The number of pyridine rings is 1. The number of hydrogen-bond acceptors (Lipinski definition) is 4. The van der Waals surface area contributed by atoms with Gasteiger partial charge in [-0.05, 0) is 49.8 Å². The van der Waals surface area contributed by atoms with E-state index in [4.69, 9.17) is 0 Å².